The van der Waals surface area contributed by atoms with Gasteiger partial charge in [-0.05, 0) is 35.9 Å². The van der Waals surface area contributed by atoms with Crippen molar-refractivity contribution in [1.29, 1.82) is 0 Å². The monoisotopic (exact) mass is 242 g/mol. The van der Waals surface area contributed by atoms with Crippen LogP contribution in [-0.2, 0) is 0 Å². The topological polar surface area (TPSA) is 66.8 Å². The lowest BCUT2D eigenvalue weighted by atomic mass is 9.97. The molecule has 1 heterocycles. The van der Waals surface area contributed by atoms with Crippen LogP contribution in [0.15, 0.2) is 36.4 Å². The number of carbonyl (C=O) groups excluding carboxylic acids is 1. The summed E-state index contributed by atoms with van der Waals surface area (Å²) < 4.78 is 5.37. The van der Waals surface area contributed by atoms with Crippen LogP contribution in [0.5, 0.6) is 17.2 Å². The van der Waals surface area contributed by atoms with Gasteiger partial charge in [0.1, 0.15) is 17.2 Å². The van der Waals surface area contributed by atoms with Crippen molar-refractivity contribution in [3.63, 3.8) is 0 Å². The van der Waals surface area contributed by atoms with Crippen molar-refractivity contribution in [3.8, 4) is 28.4 Å². The van der Waals surface area contributed by atoms with Crippen LogP contribution in [0.2, 0.25) is 0 Å². The normalized spacial score (nSPS) is 13.2. The van der Waals surface area contributed by atoms with E-state index < -0.39 is 0 Å². The number of hydrogen-bond donors (Lipinski definition) is 2. The van der Waals surface area contributed by atoms with Crippen LogP contribution < -0.4 is 4.74 Å². The van der Waals surface area contributed by atoms with Crippen LogP contribution in [0.4, 0.5) is 0 Å². The Morgan fingerprint density at radius 1 is 0.889 bits per heavy atom. The van der Waals surface area contributed by atoms with Crippen LogP contribution >= 0.6 is 0 Å². The molecule has 4 heteroatoms. The molecular formula is C14H10O4. The van der Waals surface area contributed by atoms with Crippen molar-refractivity contribution in [2.75, 3.05) is 6.61 Å². The summed E-state index contributed by atoms with van der Waals surface area (Å²) in [5.74, 6) is 0.400. The highest BCUT2D eigenvalue weighted by atomic mass is 16.5. The molecule has 0 aliphatic carbocycles. The zero-order valence-corrected chi connectivity index (χ0v) is 9.38. The van der Waals surface area contributed by atoms with Crippen molar-refractivity contribution in [2.45, 2.75) is 0 Å². The van der Waals surface area contributed by atoms with Crippen LogP contribution in [0.25, 0.3) is 11.1 Å². The van der Waals surface area contributed by atoms with Crippen LogP contribution in [0, 0.1) is 0 Å². The highest BCUT2D eigenvalue weighted by Crippen LogP contribution is 2.38. The number of Topliss-reactive ketones (excluding diaryl/α,β-unsaturated/α-hetero) is 1. The van der Waals surface area contributed by atoms with Crippen molar-refractivity contribution >= 4 is 5.78 Å². The molecule has 0 aromatic heterocycles. The second kappa shape index (κ2) is 3.77. The van der Waals surface area contributed by atoms with E-state index in [4.69, 9.17) is 4.74 Å². The molecule has 0 unspecified atom stereocenters. The predicted molar refractivity (Wildman–Crippen MR) is 65.0 cm³/mol. The van der Waals surface area contributed by atoms with Gasteiger partial charge in [0.2, 0.25) is 5.78 Å². The average Bonchev–Trinajstić information content (AvgIpc) is 2.48. The van der Waals surface area contributed by atoms with Crippen molar-refractivity contribution in [1.82, 2.24) is 0 Å². The van der Waals surface area contributed by atoms with Gasteiger partial charge < -0.3 is 14.9 Å². The molecule has 0 radical (unpaired) electrons. The summed E-state index contributed by atoms with van der Waals surface area (Å²) in [7, 11) is 0. The summed E-state index contributed by atoms with van der Waals surface area (Å²) >= 11 is 0. The molecule has 0 saturated heterocycles. The summed E-state index contributed by atoms with van der Waals surface area (Å²) in [6, 6.07) is 9.34. The second-order valence-corrected chi connectivity index (χ2v) is 4.12. The van der Waals surface area contributed by atoms with E-state index in [1.807, 2.05) is 0 Å². The molecule has 18 heavy (non-hydrogen) atoms. The second-order valence-electron chi connectivity index (χ2n) is 4.12. The van der Waals surface area contributed by atoms with Crippen molar-refractivity contribution in [3.05, 3.63) is 42.0 Å². The molecule has 0 saturated carbocycles. The minimum atomic E-state index is -0.198. The molecule has 90 valence electrons. The van der Waals surface area contributed by atoms with E-state index in [0.29, 0.717) is 16.9 Å². The summed E-state index contributed by atoms with van der Waals surface area (Å²) in [6.45, 7) is -0.104. The third-order valence-electron chi connectivity index (χ3n) is 2.92. The summed E-state index contributed by atoms with van der Waals surface area (Å²) in [5, 5.41) is 18.9. The fraction of sp³-hybridized carbons (Fsp3) is 0.0714. The molecule has 1 aliphatic heterocycles. The molecule has 0 bridgehead atoms. The number of benzene rings is 2. The zero-order valence-electron chi connectivity index (χ0n) is 9.38. The Morgan fingerprint density at radius 3 is 2.33 bits per heavy atom. The molecule has 0 atom stereocenters. The first kappa shape index (κ1) is 10.7. The van der Waals surface area contributed by atoms with Gasteiger partial charge in [0.15, 0.2) is 6.61 Å². The lowest BCUT2D eigenvalue weighted by Crippen LogP contribution is -2.09. The highest BCUT2D eigenvalue weighted by molar-refractivity contribution is 6.05. The minimum Gasteiger partial charge on any atom is -0.508 e. The summed E-state index contributed by atoms with van der Waals surface area (Å²) in [4.78, 5) is 11.9. The number of hydrogen-bond acceptors (Lipinski definition) is 4. The SMILES string of the molecule is O=C1COc2cc(O)ccc2-c2ccc(O)cc21. The number of aromatic hydroxyl groups is 2. The van der Waals surface area contributed by atoms with Crippen LogP contribution in [0.1, 0.15) is 10.4 Å². The fourth-order valence-corrected chi connectivity index (χ4v) is 2.07. The van der Waals surface area contributed by atoms with Gasteiger partial charge in [-0.25, -0.2) is 0 Å². The number of phenols is 2. The number of phenolic OH excluding ortho intramolecular Hbond substituents is 2. The first-order chi connectivity index (χ1) is 8.65. The van der Waals surface area contributed by atoms with Crippen molar-refractivity contribution in [2.24, 2.45) is 0 Å². The van der Waals surface area contributed by atoms with E-state index >= 15 is 0 Å². The quantitative estimate of drug-likeness (QED) is 0.744. The molecule has 0 fully saturated rings. The molecule has 3 rings (SSSR count). The van der Waals surface area contributed by atoms with Gasteiger partial charge in [0, 0.05) is 17.2 Å². The Kier molecular flexibility index (Phi) is 2.23. The molecule has 1 aliphatic rings. The van der Waals surface area contributed by atoms with Gasteiger partial charge in [-0.2, -0.15) is 0 Å². The van der Waals surface area contributed by atoms with E-state index in [-0.39, 0.29) is 23.9 Å². The molecule has 0 amide bonds. The first-order valence-electron chi connectivity index (χ1n) is 5.47. The maximum atomic E-state index is 11.9. The van der Waals surface area contributed by atoms with Gasteiger partial charge in [-0.3, -0.25) is 4.79 Å². The largest absolute Gasteiger partial charge is 0.508 e. The standard InChI is InChI=1S/C14H10O4/c15-8-1-3-10-11-4-2-9(16)6-14(11)18-7-13(17)12(10)5-8/h1-6,15-16H,7H2. The minimum absolute atomic E-state index is 0.0457. The summed E-state index contributed by atoms with van der Waals surface area (Å²) in [6.07, 6.45) is 0. The van der Waals surface area contributed by atoms with Gasteiger partial charge in [0.05, 0.1) is 0 Å². The zero-order chi connectivity index (χ0) is 12.7. The fourth-order valence-electron chi connectivity index (χ4n) is 2.07. The van der Waals surface area contributed by atoms with Crippen molar-refractivity contribution < 1.29 is 19.7 Å². The maximum absolute atomic E-state index is 11.9. The van der Waals surface area contributed by atoms with Crippen LogP contribution in [0.3, 0.4) is 0 Å². The van der Waals surface area contributed by atoms with E-state index in [1.54, 1.807) is 12.1 Å². The lowest BCUT2D eigenvalue weighted by molar-refractivity contribution is 0.0925. The Hall–Kier alpha value is -2.49. The third kappa shape index (κ3) is 1.59. The van der Waals surface area contributed by atoms with E-state index in [2.05, 4.69) is 0 Å². The third-order valence-corrected chi connectivity index (χ3v) is 2.92. The van der Waals surface area contributed by atoms with E-state index in [1.165, 1.54) is 24.3 Å². The molecular weight excluding hydrogens is 232 g/mol. The van der Waals surface area contributed by atoms with E-state index in [0.717, 1.165) is 5.56 Å². The van der Waals surface area contributed by atoms with Gasteiger partial charge >= 0.3 is 0 Å². The molecule has 4 nitrogen and oxygen atoms in total. The number of carbonyl (C=O) groups is 1. The number of ether oxygens (including phenoxy) is 1. The lowest BCUT2D eigenvalue weighted by Gasteiger charge is -2.08. The first-order valence-corrected chi connectivity index (χ1v) is 5.47. The predicted octanol–water partition coefficient (Wildman–Crippen LogP) is 2.34. The maximum Gasteiger partial charge on any atom is 0.200 e. The molecule has 0 spiro atoms. The Balaban J connectivity index is 2.30. The summed E-state index contributed by atoms with van der Waals surface area (Å²) in [5.41, 5.74) is 1.86. The Morgan fingerprint density at radius 2 is 1.56 bits per heavy atom. The molecule has 2 aromatic carbocycles. The van der Waals surface area contributed by atoms with Gasteiger partial charge in [-0.1, -0.05) is 0 Å². The number of rotatable bonds is 0. The van der Waals surface area contributed by atoms with E-state index in [9.17, 15) is 15.0 Å². The molecule has 2 aromatic rings. The molecule has 2 N–H and O–H groups in total. The van der Waals surface area contributed by atoms with Gasteiger partial charge in [0.25, 0.3) is 0 Å². The smallest absolute Gasteiger partial charge is 0.200 e. The number of ketones is 1. The highest BCUT2D eigenvalue weighted by Gasteiger charge is 2.21. The van der Waals surface area contributed by atoms with Crippen LogP contribution in [-0.4, -0.2) is 22.6 Å². The Bertz CT molecular complexity index is 646. The number of fused-ring (bicyclic) bond motifs is 3. The van der Waals surface area contributed by atoms with Gasteiger partial charge in [-0.15, -0.1) is 0 Å². The average molecular weight is 242 g/mol. The Labute approximate surface area is 103 Å².